The van der Waals surface area contributed by atoms with Gasteiger partial charge in [0.15, 0.2) is 11.3 Å². The van der Waals surface area contributed by atoms with E-state index in [0.29, 0.717) is 22.7 Å². The molecule has 0 spiro atoms. The molecule has 1 fully saturated rings. The molecule has 3 aromatic carbocycles. The van der Waals surface area contributed by atoms with Gasteiger partial charge in [0.2, 0.25) is 0 Å². The molecule has 0 radical (unpaired) electrons. The number of urea groups is 1. The molecule has 1 aliphatic heterocycles. The van der Waals surface area contributed by atoms with Crippen molar-refractivity contribution in [3.8, 4) is 0 Å². The predicted octanol–water partition coefficient (Wildman–Crippen LogP) is 5.87. The Morgan fingerprint density at radius 1 is 0.872 bits per heavy atom. The minimum absolute atomic E-state index is 0.270. The molecule has 6 nitrogen and oxygen atoms in total. The lowest BCUT2D eigenvalue weighted by Gasteiger charge is -2.27. The summed E-state index contributed by atoms with van der Waals surface area (Å²) in [7, 11) is 0. The van der Waals surface area contributed by atoms with Crippen LogP contribution in [0, 0.1) is 13.8 Å². The van der Waals surface area contributed by atoms with E-state index in [9.17, 15) is 14.4 Å². The van der Waals surface area contributed by atoms with Gasteiger partial charge in [-0.2, -0.15) is 0 Å². The van der Waals surface area contributed by atoms with E-state index in [1.807, 2.05) is 105 Å². The number of hydrogen-bond donors (Lipinski definition) is 1. The van der Waals surface area contributed by atoms with Crippen LogP contribution in [0.3, 0.4) is 0 Å². The molecule has 4 aromatic rings. The number of nitrogens with one attached hydrogen (secondary N) is 1. The summed E-state index contributed by atoms with van der Waals surface area (Å²) in [4.78, 5) is 41.7. The molecule has 198 valence electrons. The van der Waals surface area contributed by atoms with Crippen LogP contribution in [0.4, 0.5) is 4.79 Å². The summed E-state index contributed by atoms with van der Waals surface area (Å²) >= 11 is 6.00. The van der Waals surface area contributed by atoms with E-state index in [-0.39, 0.29) is 18.7 Å². The predicted molar refractivity (Wildman–Crippen MR) is 152 cm³/mol. The quantitative estimate of drug-likeness (QED) is 0.213. The molecule has 7 heteroatoms. The van der Waals surface area contributed by atoms with Gasteiger partial charge in [-0.05, 0) is 55.2 Å². The Bertz CT molecular complexity index is 1510. The molecule has 3 amide bonds. The van der Waals surface area contributed by atoms with E-state index >= 15 is 0 Å². The van der Waals surface area contributed by atoms with Crippen molar-refractivity contribution < 1.29 is 14.4 Å². The second kappa shape index (κ2) is 10.9. The van der Waals surface area contributed by atoms with E-state index < -0.39 is 17.5 Å². The van der Waals surface area contributed by atoms with Crippen LogP contribution in [0.5, 0.6) is 0 Å². The van der Waals surface area contributed by atoms with Crippen molar-refractivity contribution in [2.24, 2.45) is 0 Å². The third kappa shape index (κ3) is 5.25. The summed E-state index contributed by atoms with van der Waals surface area (Å²) in [5.41, 5.74) is 3.74. The van der Waals surface area contributed by atoms with Crippen LogP contribution in [0.1, 0.15) is 38.4 Å². The van der Waals surface area contributed by atoms with Crippen molar-refractivity contribution in [3.63, 3.8) is 0 Å². The van der Waals surface area contributed by atoms with Crippen molar-refractivity contribution in [2.75, 3.05) is 6.54 Å². The molecule has 0 saturated carbocycles. The van der Waals surface area contributed by atoms with Crippen molar-refractivity contribution in [1.29, 1.82) is 0 Å². The van der Waals surface area contributed by atoms with Crippen LogP contribution < -0.4 is 5.32 Å². The first kappa shape index (κ1) is 26.4. The molecular weight excluding hydrogens is 510 g/mol. The average Bonchev–Trinajstić information content (AvgIpc) is 3.36. The van der Waals surface area contributed by atoms with E-state index in [0.717, 1.165) is 33.8 Å². The van der Waals surface area contributed by atoms with Gasteiger partial charge in [-0.1, -0.05) is 84.4 Å². The lowest BCUT2D eigenvalue weighted by Crippen LogP contribution is -2.46. The van der Waals surface area contributed by atoms with Crippen LogP contribution in [-0.2, 0) is 29.7 Å². The molecule has 1 aromatic heterocycles. The number of Topliss-reactive ketones (excluding diaryl/α,β-unsaturated/α-hetero) is 1. The minimum Gasteiger partial charge on any atom is -0.348 e. The van der Waals surface area contributed by atoms with Gasteiger partial charge in [0.25, 0.3) is 5.91 Å². The Kier molecular flexibility index (Phi) is 7.40. The Morgan fingerprint density at radius 2 is 1.51 bits per heavy atom. The third-order valence-electron chi connectivity index (χ3n) is 7.47. The fourth-order valence-corrected chi connectivity index (χ4v) is 5.49. The van der Waals surface area contributed by atoms with Gasteiger partial charge >= 0.3 is 6.03 Å². The highest BCUT2D eigenvalue weighted by Crippen LogP contribution is 2.33. The van der Waals surface area contributed by atoms with Crippen molar-refractivity contribution >= 4 is 29.3 Å². The minimum atomic E-state index is -1.28. The van der Waals surface area contributed by atoms with Crippen LogP contribution in [0.15, 0.2) is 91.0 Å². The molecule has 1 aliphatic rings. The number of carbonyl (C=O) groups excluding carboxylic acids is 3. The lowest BCUT2D eigenvalue weighted by molar-refractivity contribution is -0.131. The van der Waals surface area contributed by atoms with Gasteiger partial charge < -0.3 is 9.88 Å². The summed E-state index contributed by atoms with van der Waals surface area (Å²) in [5, 5.41) is 3.63. The third-order valence-corrected chi connectivity index (χ3v) is 7.72. The molecular formula is C32H30ClN3O3. The molecule has 5 rings (SSSR count). The largest absolute Gasteiger partial charge is 0.348 e. The standard InChI is InChI=1S/C32H30ClN3O3/c1-22-19-28(23(2)35(22)18-17-24-13-15-27(33)16-14-24)29(37)21-36-30(38)32(34-31(36)39,26-11-7-4-8-12-26)20-25-9-5-3-6-10-25/h3-16,19H,17-18,20-21H2,1-2H3,(H,34,39)/t32-/m0/s1. The second-order valence-electron chi connectivity index (χ2n) is 9.99. The van der Waals surface area contributed by atoms with Gasteiger partial charge in [-0.25, -0.2) is 4.79 Å². The number of halogens is 1. The zero-order valence-corrected chi connectivity index (χ0v) is 22.7. The Labute approximate surface area is 233 Å². The number of aryl methyl sites for hydroxylation is 2. The molecule has 39 heavy (non-hydrogen) atoms. The number of nitrogens with zero attached hydrogens (tertiary/aromatic N) is 2. The number of aromatic nitrogens is 1. The van der Waals surface area contributed by atoms with Gasteiger partial charge in [0, 0.05) is 34.9 Å². The van der Waals surface area contributed by atoms with E-state index in [4.69, 9.17) is 11.6 Å². The smallest absolute Gasteiger partial charge is 0.325 e. The van der Waals surface area contributed by atoms with Crippen molar-refractivity contribution in [2.45, 2.75) is 38.8 Å². The van der Waals surface area contributed by atoms with E-state index in [1.165, 1.54) is 0 Å². The first-order valence-corrected chi connectivity index (χ1v) is 13.3. The summed E-state index contributed by atoms with van der Waals surface area (Å²) in [6.45, 7) is 4.23. The molecule has 1 N–H and O–H groups in total. The van der Waals surface area contributed by atoms with E-state index in [1.54, 1.807) is 0 Å². The number of ketones is 1. The second-order valence-corrected chi connectivity index (χ2v) is 10.4. The maximum atomic E-state index is 13.9. The first-order valence-electron chi connectivity index (χ1n) is 13.0. The number of amides is 3. The Hall–Kier alpha value is -4.16. The highest BCUT2D eigenvalue weighted by atomic mass is 35.5. The summed E-state index contributed by atoms with van der Waals surface area (Å²) in [6.07, 6.45) is 1.07. The average molecular weight is 540 g/mol. The van der Waals surface area contributed by atoms with Crippen molar-refractivity contribution in [1.82, 2.24) is 14.8 Å². The molecule has 1 saturated heterocycles. The van der Waals surface area contributed by atoms with Gasteiger partial charge in [-0.3, -0.25) is 14.5 Å². The number of rotatable bonds is 9. The summed E-state index contributed by atoms with van der Waals surface area (Å²) < 4.78 is 2.09. The number of hydrogen-bond acceptors (Lipinski definition) is 3. The van der Waals surface area contributed by atoms with Gasteiger partial charge in [0.1, 0.15) is 0 Å². The highest BCUT2D eigenvalue weighted by molar-refractivity contribution is 6.30. The zero-order chi connectivity index (χ0) is 27.6. The molecule has 0 aliphatic carbocycles. The maximum absolute atomic E-state index is 13.9. The van der Waals surface area contributed by atoms with Crippen LogP contribution in [0.2, 0.25) is 5.02 Å². The highest BCUT2D eigenvalue weighted by Gasteiger charge is 2.52. The fourth-order valence-electron chi connectivity index (χ4n) is 5.36. The topological polar surface area (TPSA) is 71.4 Å². The Balaban J connectivity index is 1.37. The Morgan fingerprint density at radius 3 is 2.18 bits per heavy atom. The van der Waals surface area contributed by atoms with Crippen molar-refractivity contribution in [3.05, 3.63) is 130 Å². The number of benzene rings is 3. The molecule has 0 bridgehead atoms. The summed E-state index contributed by atoms with van der Waals surface area (Å²) in [6, 6.07) is 27.8. The van der Waals surface area contributed by atoms with Crippen LogP contribution >= 0.6 is 11.6 Å². The van der Waals surface area contributed by atoms with Gasteiger partial charge in [0.05, 0.1) is 6.54 Å². The zero-order valence-electron chi connectivity index (χ0n) is 22.0. The van der Waals surface area contributed by atoms with E-state index in [2.05, 4.69) is 9.88 Å². The number of carbonyl (C=O) groups is 3. The van der Waals surface area contributed by atoms with Crippen LogP contribution in [0.25, 0.3) is 0 Å². The summed E-state index contributed by atoms with van der Waals surface area (Å²) in [5.74, 6) is -0.694. The molecule has 0 unspecified atom stereocenters. The lowest BCUT2D eigenvalue weighted by atomic mass is 9.83. The first-order chi connectivity index (χ1) is 18.8. The molecule has 1 atom stereocenters. The maximum Gasteiger partial charge on any atom is 0.325 e. The monoisotopic (exact) mass is 539 g/mol. The normalized spacial score (nSPS) is 16.9. The SMILES string of the molecule is Cc1cc(C(=O)CN2C(=O)N[C@@](Cc3ccccc3)(c3ccccc3)C2=O)c(C)n1CCc1ccc(Cl)cc1. The molecule has 2 heterocycles. The number of imide groups is 1. The van der Waals surface area contributed by atoms with Gasteiger partial charge in [-0.15, -0.1) is 0 Å². The van der Waals surface area contributed by atoms with Crippen LogP contribution in [-0.4, -0.2) is 33.7 Å². The fraction of sp³-hybridized carbons (Fsp3) is 0.219.